The molecule has 1 fully saturated rings. The quantitative estimate of drug-likeness (QED) is 0.399. The van der Waals surface area contributed by atoms with Crippen LogP contribution in [0.4, 0.5) is 0 Å². The van der Waals surface area contributed by atoms with Gasteiger partial charge in [-0.25, -0.2) is 0 Å². The standard InChI is InChI=1S/C31H31N3O3/c1-2-37-27-17-9-7-15-23(27)30-29-24(22-14-6-8-16-25(22)32-29)19-26-31(36)33(20-28(35)34(26)30)18-10-13-21-11-4-3-5-12-21/h3-9,11-12,14-17,26,30,32H,2,10,13,18-20H2,1H3/t26-,30-/m0/s1. The SMILES string of the molecule is CCOc1ccccc1[C@H]1c2[nH]c3ccccc3c2C[C@H]2C(=O)N(CCCc3ccccc3)CC(=O)N12. The average molecular weight is 494 g/mol. The van der Waals surface area contributed by atoms with E-state index in [-0.39, 0.29) is 18.4 Å². The molecular weight excluding hydrogens is 462 g/mol. The molecule has 1 N–H and O–H groups in total. The van der Waals surface area contributed by atoms with Crippen molar-refractivity contribution < 1.29 is 14.3 Å². The molecule has 0 radical (unpaired) electrons. The number of piperazine rings is 1. The maximum Gasteiger partial charge on any atom is 0.246 e. The monoisotopic (exact) mass is 493 g/mol. The summed E-state index contributed by atoms with van der Waals surface area (Å²) in [5.41, 5.74) is 5.25. The van der Waals surface area contributed by atoms with Crippen molar-refractivity contribution in [3.8, 4) is 5.75 Å². The molecule has 3 aromatic carbocycles. The van der Waals surface area contributed by atoms with Crippen molar-refractivity contribution >= 4 is 22.7 Å². The molecule has 2 aliphatic heterocycles. The number of para-hydroxylation sites is 2. The summed E-state index contributed by atoms with van der Waals surface area (Å²) in [5, 5.41) is 1.11. The topological polar surface area (TPSA) is 65.6 Å². The van der Waals surface area contributed by atoms with Crippen molar-refractivity contribution in [2.75, 3.05) is 19.7 Å². The lowest BCUT2D eigenvalue weighted by molar-refractivity contribution is -0.158. The lowest BCUT2D eigenvalue weighted by Gasteiger charge is -2.47. The van der Waals surface area contributed by atoms with E-state index in [1.54, 1.807) is 4.90 Å². The molecule has 6 heteroatoms. The van der Waals surface area contributed by atoms with Crippen molar-refractivity contribution in [2.24, 2.45) is 0 Å². The number of aromatic nitrogens is 1. The molecule has 6 rings (SSSR count). The molecule has 0 bridgehead atoms. The van der Waals surface area contributed by atoms with Crippen LogP contribution in [0.3, 0.4) is 0 Å². The van der Waals surface area contributed by atoms with Crippen LogP contribution in [-0.2, 0) is 22.4 Å². The van der Waals surface area contributed by atoms with Gasteiger partial charge in [-0.2, -0.15) is 0 Å². The summed E-state index contributed by atoms with van der Waals surface area (Å²) in [6.45, 7) is 3.16. The second-order valence-corrected chi connectivity index (χ2v) is 9.81. The number of ether oxygens (including phenoxy) is 1. The molecule has 3 heterocycles. The summed E-state index contributed by atoms with van der Waals surface area (Å²) in [7, 11) is 0. The third-order valence-corrected chi connectivity index (χ3v) is 7.59. The van der Waals surface area contributed by atoms with Crippen LogP contribution in [0.2, 0.25) is 0 Å². The van der Waals surface area contributed by atoms with Crippen LogP contribution in [0.25, 0.3) is 10.9 Å². The fourth-order valence-electron chi connectivity index (χ4n) is 5.95. The van der Waals surface area contributed by atoms with Gasteiger partial charge in [-0.05, 0) is 43.0 Å². The van der Waals surface area contributed by atoms with Gasteiger partial charge in [-0.3, -0.25) is 9.59 Å². The van der Waals surface area contributed by atoms with E-state index in [1.807, 2.05) is 66.4 Å². The van der Waals surface area contributed by atoms with Gasteiger partial charge in [0.2, 0.25) is 11.8 Å². The molecular formula is C31H31N3O3. The van der Waals surface area contributed by atoms with E-state index in [2.05, 4.69) is 29.2 Å². The second kappa shape index (κ2) is 9.77. The van der Waals surface area contributed by atoms with E-state index < -0.39 is 12.1 Å². The first-order valence-corrected chi connectivity index (χ1v) is 13.1. The summed E-state index contributed by atoms with van der Waals surface area (Å²) in [4.78, 5) is 34.8. The number of carbonyl (C=O) groups is 2. The Hall–Kier alpha value is -4.06. The van der Waals surface area contributed by atoms with Crippen LogP contribution in [0.5, 0.6) is 5.75 Å². The van der Waals surface area contributed by atoms with Gasteiger partial charge in [0.1, 0.15) is 17.8 Å². The molecule has 188 valence electrons. The third-order valence-electron chi connectivity index (χ3n) is 7.59. The highest BCUT2D eigenvalue weighted by Gasteiger charge is 2.48. The van der Waals surface area contributed by atoms with Gasteiger partial charge in [0.05, 0.1) is 13.2 Å². The van der Waals surface area contributed by atoms with Gasteiger partial charge in [0.25, 0.3) is 0 Å². The van der Waals surface area contributed by atoms with Crippen molar-refractivity contribution in [1.29, 1.82) is 0 Å². The Bertz CT molecular complexity index is 1440. The van der Waals surface area contributed by atoms with Crippen molar-refractivity contribution in [1.82, 2.24) is 14.8 Å². The number of benzene rings is 3. The first kappa shape index (κ1) is 23.3. The zero-order valence-electron chi connectivity index (χ0n) is 21.0. The largest absolute Gasteiger partial charge is 0.494 e. The molecule has 0 unspecified atom stereocenters. The lowest BCUT2D eigenvalue weighted by Crippen LogP contribution is -2.63. The van der Waals surface area contributed by atoms with Crippen LogP contribution in [0.1, 0.15) is 41.8 Å². The Kier molecular flexibility index (Phi) is 6.16. The van der Waals surface area contributed by atoms with Crippen molar-refractivity contribution in [2.45, 2.75) is 38.3 Å². The summed E-state index contributed by atoms with van der Waals surface area (Å²) in [5.74, 6) is 0.748. The maximum absolute atomic E-state index is 13.9. The predicted octanol–water partition coefficient (Wildman–Crippen LogP) is 4.88. The maximum atomic E-state index is 13.9. The number of nitrogens with one attached hydrogen (secondary N) is 1. The van der Waals surface area contributed by atoms with Gasteiger partial charge in [0.15, 0.2) is 0 Å². The Morgan fingerprint density at radius 3 is 2.54 bits per heavy atom. The number of H-pyrrole nitrogens is 1. The van der Waals surface area contributed by atoms with Crippen molar-refractivity contribution in [3.05, 3.63) is 101 Å². The summed E-state index contributed by atoms with van der Waals surface area (Å²) in [6, 6.07) is 25.4. The highest BCUT2D eigenvalue weighted by Crippen LogP contribution is 2.44. The van der Waals surface area contributed by atoms with Crippen molar-refractivity contribution in [3.63, 3.8) is 0 Å². The molecule has 4 aromatic rings. The predicted molar refractivity (Wildman–Crippen MR) is 143 cm³/mol. The van der Waals surface area contributed by atoms with E-state index in [0.29, 0.717) is 19.6 Å². The summed E-state index contributed by atoms with van der Waals surface area (Å²) < 4.78 is 5.99. The Morgan fingerprint density at radius 2 is 1.70 bits per heavy atom. The average Bonchev–Trinajstić information content (AvgIpc) is 3.30. The number of aromatic amines is 1. The van der Waals surface area contributed by atoms with E-state index in [0.717, 1.165) is 46.3 Å². The number of carbonyl (C=O) groups excluding carboxylic acids is 2. The fourth-order valence-corrected chi connectivity index (χ4v) is 5.95. The number of aryl methyl sites for hydroxylation is 1. The number of fused-ring (bicyclic) bond motifs is 4. The summed E-state index contributed by atoms with van der Waals surface area (Å²) in [6.07, 6.45) is 2.21. The van der Waals surface area contributed by atoms with Crippen LogP contribution in [-0.4, -0.2) is 52.3 Å². The van der Waals surface area contributed by atoms with E-state index >= 15 is 0 Å². The number of hydrogen-bond acceptors (Lipinski definition) is 3. The van der Waals surface area contributed by atoms with Crippen LogP contribution in [0.15, 0.2) is 78.9 Å². The van der Waals surface area contributed by atoms with E-state index in [1.165, 1.54) is 5.56 Å². The molecule has 0 saturated carbocycles. The van der Waals surface area contributed by atoms with E-state index in [9.17, 15) is 9.59 Å². The second-order valence-electron chi connectivity index (χ2n) is 9.81. The molecule has 1 saturated heterocycles. The van der Waals surface area contributed by atoms with Gasteiger partial charge in [0, 0.05) is 35.1 Å². The Balaban J connectivity index is 1.37. The molecule has 0 spiro atoms. The Morgan fingerprint density at radius 1 is 0.946 bits per heavy atom. The van der Waals surface area contributed by atoms with Gasteiger partial charge < -0.3 is 19.5 Å². The molecule has 6 nitrogen and oxygen atoms in total. The number of nitrogens with zero attached hydrogens (tertiary/aromatic N) is 2. The number of rotatable bonds is 7. The zero-order valence-corrected chi connectivity index (χ0v) is 21.0. The molecule has 2 aliphatic rings. The zero-order chi connectivity index (χ0) is 25.4. The van der Waals surface area contributed by atoms with Gasteiger partial charge >= 0.3 is 0 Å². The molecule has 37 heavy (non-hydrogen) atoms. The lowest BCUT2D eigenvalue weighted by atomic mass is 9.86. The number of hydrogen-bond donors (Lipinski definition) is 1. The first-order chi connectivity index (χ1) is 18.2. The first-order valence-electron chi connectivity index (χ1n) is 13.1. The highest BCUT2D eigenvalue weighted by molar-refractivity contribution is 5.97. The fraction of sp³-hybridized carbons (Fsp3) is 0.290. The smallest absolute Gasteiger partial charge is 0.246 e. The molecule has 1 aromatic heterocycles. The highest BCUT2D eigenvalue weighted by atomic mass is 16.5. The van der Waals surface area contributed by atoms with Crippen LogP contribution >= 0.6 is 0 Å². The van der Waals surface area contributed by atoms with Crippen LogP contribution < -0.4 is 4.74 Å². The van der Waals surface area contributed by atoms with Crippen LogP contribution in [0, 0.1) is 0 Å². The minimum Gasteiger partial charge on any atom is -0.494 e. The summed E-state index contributed by atoms with van der Waals surface area (Å²) >= 11 is 0. The van der Waals surface area contributed by atoms with E-state index in [4.69, 9.17) is 4.74 Å². The Labute approximate surface area is 216 Å². The number of amides is 2. The van der Waals surface area contributed by atoms with Gasteiger partial charge in [-0.15, -0.1) is 0 Å². The molecule has 2 atom stereocenters. The minimum atomic E-state index is -0.538. The molecule has 2 amide bonds. The van der Waals surface area contributed by atoms with Gasteiger partial charge in [-0.1, -0.05) is 66.7 Å². The normalized spacial score (nSPS) is 19.2. The third kappa shape index (κ3) is 4.16. The minimum absolute atomic E-state index is 0.0232. The molecule has 0 aliphatic carbocycles.